The van der Waals surface area contributed by atoms with Gasteiger partial charge in [-0.25, -0.2) is 0 Å². The molecule has 3 aliphatic rings. The Bertz CT molecular complexity index is 248. The van der Waals surface area contributed by atoms with Gasteiger partial charge in [0.25, 0.3) is 0 Å². The fourth-order valence-electron chi connectivity index (χ4n) is 3.19. The first-order chi connectivity index (χ1) is 6.75. The number of carbonyl (C=O) groups is 1. The van der Waals surface area contributed by atoms with Crippen molar-refractivity contribution in [2.45, 2.75) is 50.7 Å². The summed E-state index contributed by atoms with van der Waals surface area (Å²) >= 11 is 0. The van der Waals surface area contributed by atoms with E-state index in [4.69, 9.17) is 0 Å². The van der Waals surface area contributed by atoms with Crippen molar-refractivity contribution >= 4 is 5.91 Å². The third kappa shape index (κ3) is 1.26. The Kier molecular flexibility index (Phi) is 1.84. The van der Waals surface area contributed by atoms with Crippen LogP contribution in [0.4, 0.5) is 0 Å². The van der Waals surface area contributed by atoms with Crippen LogP contribution in [-0.4, -0.2) is 46.9 Å². The van der Waals surface area contributed by atoms with Gasteiger partial charge in [0.15, 0.2) is 0 Å². The topological polar surface area (TPSA) is 23.6 Å². The Morgan fingerprint density at radius 2 is 1.50 bits per heavy atom. The quantitative estimate of drug-likeness (QED) is 0.617. The van der Waals surface area contributed by atoms with Crippen molar-refractivity contribution in [3.8, 4) is 0 Å². The molecule has 14 heavy (non-hydrogen) atoms. The number of likely N-dealkylation sites (tertiary alicyclic amines) is 1. The van der Waals surface area contributed by atoms with Gasteiger partial charge < -0.3 is 4.90 Å². The van der Waals surface area contributed by atoms with Crippen molar-refractivity contribution in [1.82, 2.24) is 9.80 Å². The monoisotopic (exact) mass is 194 g/mol. The Hall–Kier alpha value is -0.570. The molecular weight excluding hydrogens is 176 g/mol. The number of rotatable bonds is 1. The summed E-state index contributed by atoms with van der Waals surface area (Å²) in [5.41, 5.74) is 0. The summed E-state index contributed by atoms with van der Waals surface area (Å²) in [5.74, 6) is 0.285. The third-order valence-corrected chi connectivity index (χ3v) is 3.94. The third-order valence-electron chi connectivity index (χ3n) is 3.94. The van der Waals surface area contributed by atoms with Crippen LogP contribution in [0.1, 0.15) is 32.6 Å². The maximum absolute atomic E-state index is 11.5. The smallest absolute Gasteiger partial charge is 0.220 e. The number of fused-ring (bicyclic) bond motifs is 2. The average molecular weight is 194 g/mol. The second-order valence-corrected chi connectivity index (χ2v) is 5.00. The number of nitrogens with zero attached hydrogens (tertiary/aromatic N) is 2. The van der Waals surface area contributed by atoms with E-state index in [-0.39, 0.29) is 5.91 Å². The Morgan fingerprint density at radius 3 is 1.93 bits per heavy atom. The average Bonchev–Trinajstić information content (AvgIpc) is 2.92. The van der Waals surface area contributed by atoms with Crippen LogP contribution in [0.2, 0.25) is 0 Å². The molecule has 1 amide bonds. The van der Waals surface area contributed by atoms with Gasteiger partial charge in [0.05, 0.1) is 0 Å². The van der Waals surface area contributed by atoms with Crippen LogP contribution >= 0.6 is 0 Å². The fourth-order valence-corrected chi connectivity index (χ4v) is 3.19. The molecular formula is C11H18N2O. The van der Waals surface area contributed by atoms with Gasteiger partial charge in [-0.2, -0.15) is 0 Å². The minimum Gasteiger partial charge on any atom is -0.334 e. The molecule has 0 radical (unpaired) electrons. The molecule has 0 N–H and O–H groups in total. The zero-order valence-electron chi connectivity index (χ0n) is 8.78. The van der Waals surface area contributed by atoms with E-state index in [1.54, 1.807) is 6.92 Å². The molecule has 2 aliphatic heterocycles. The summed E-state index contributed by atoms with van der Waals surface area (Å²) in [5, 5.41) is 0. The number of amides is 1. The lowest BCUT2D eigenvalue weighted by Crippen LogP contribution is -2.55. The van der Waals surface area contributed by atoms with Crippen molar-refractivity contribution in [3.63, 3.8) is 0 Å². The van der Waals surface area contributed by atoms with Crippen molar-refractivity contribution in [2.24, 2.45) is 0 Å². The number of hydrogen-bond donors (Lipinski definition) is 0. The van der Waals surface area contributed by atoms with Crippen molar-refractivity contribution < 1.29 is 4.79 Å². The van der Waals surface area contributed by atoms with Crippen LogP contribution < -0.4 is 0 Å². The second kappa shape index (κ2) is 2.96. The predicted octanol–water partition coefficient (Wildman–Crippen LogP) is 0.844. The molecule has 3 nitrogen and oxygen atoms in total. The number of carbonyl (C=O) groups excluding carboxylic acids is 1. The molecule has 2 unspecified atom stereocenters. The van der Waals surface area contributed by atoms with Crippen molar-refractivity contribution in [1.29, 1.82) is 0 Å². The molecule has 3 heteroatoms. The minimum absolute atomic E-state index is 0.285. The van der Waals surface area contributed by atoms with Gasteiger partial charge in [-0.05, 0) is 25.7 Å². The van der Waals surface area contributed by atoms with Crippen molar-refractivity contribution in [2.75, 3.05) is 13.1 Å². The summed E-state index contributed by atoms with van der Waals surface area (Å²) in [4.78, 5) is 16.2. The van der Waals surface area contributed by atoms with Gasteiger partial charge >= 0.3 is 0 Å². The van der Waals surface area contributed by atoms with Gasteiger partial charge in [-0.1, -0.05) is 0 Å². The van der Waals surface area contributed by atoms with E-state index < -0.39 is 0 Å². The summed E-state index contributed by atoms with van der Waals surface area (Å²) < 4.78 is 0. The first kappa shape index (κ1) is 8.72. The predicted molar refractivity (Wildman–Crippen MR) is 53.9 cm³/mol. The maximum atomic E-state index is 11.5. The molecule has 3 rings (SSSR count). The van der Waals surface area contributed by atoms with Crippen LogP contribution in [0.25, 0.3) is 0 Å². The van der Waals surface area contributed by atoms with Gasteiger partial charge in [0, 0.05) is 38.1 Å². The summed E-state index contributed by atoms with van der Waals surface area (Å²) in [6.45, 7) is 4.00. The lowest BCUT2D eigenvalue weighted by molar-refractivity contribution is -0.134. The van der Waals surface area contributed by atoms with Crippen LogP contribution in [0, 0.1) is 0 Å². The van der Waals surface area contributed by atoms with Gasteiger partial charge in [-0.3, -0.25) is 9.69 Å². The second-order valence-electron chi connectivity index (χ2n) is 5.00. The highest BCUT2D eigenvalue weighted by atomic mass is 16.2. The van der Waals surface area contributed by atoms with E-state index in [2.05, 4.69) is 9.80 Å². The minimum atomic E-state index is 0.285. The van der Waals surface area contributed by atoms with E-state index in [9.17, 15) is 4.79 Å². The normalized spacial score (nSPS) is 37.6. The van der Waals surface area contributed by atoms with Gasteiger partial charge in [-0.15, -0.1) is 0 Å². The first-order valence-electron chi connectivity index (χ1n) is 5.78. The SMILES string of the molecule is CC(=O)N1C2CCC1CN(C1CC1)C2. The molecule has 2 bridgehead atoms. The van der Waals surface area contributed by atoms with Gasteiger partial charge in [0.1, 0.15) is 0 Å². The highest BCUT2D eigenvalue weighted by Crippen LogP contribution is 2.36. The molecule has 2 heterocycles. The molecule has 0 aromatic rings. The van der Waals surface area contributed by atoms with Crippen LogP contribution in [0.15, 0.2) is 0 Å². The Labute approximate surface area is 85.1 Å². The largest absolute Gasteiger partial charge is 0.334 e. The van der Waals surface area contributed by atoms with Crippen LogP contribution in [0.3, 0.4) is 0 Å². The number of piperazine rings is 1. The summed E-state index contributed by atoms with van der Waals surface area (Å²) in [7, 11) is 0. The van der Waals surface area contributed by atoms with E-state index in [1.165, 1.54) is 25.7 Å². The molecule has 3 fully saturated rings. The molecule has 2 atom stereocenters. The molecule has 78 valence electrons. The Morgan fingerprint density at radius 1 is 1.00 bits per heavy atom. The summed E-state index contributed by atoms with van der Waals surface area (Å²) in [6, 6.07) is 1.94. The van der Waals surface area contributed by atoms with Crippen molar-refractivity contribution in [3.05, 3.63) is 0 Å². The maximum Gasteiger partial charge on any atom is 0.220 e. The highest BCUT2D eigenvalue weighted by Gasteiger charge is 2.44. The van der Waals surface area contributed by atoms with E-state index in [0.717, 1.165) is 19.1 Å². The lowest BCUT2D eigenvalue weighted by Gasteiger charge is -2.40. The first-order valence-corrected chi connectivity index (χ1v) is 5.78. The van der Waals surface area contributed by atoms with Crippen LogP contribution in [0.5, 0.6) is 0 Å². The van der Waals surface area contributed by atoms with E-state index >= 15 is 0 Å². The molecule has 1 saturated carbocycles. The Balaban J connectivity index is 1.74. The lowest BCUT2D eigenvalue weighted by atomic mass is 10.2. The van der Waals surface area contributed by atoms with Gasteiger partial charge in [0.2, 0.25) is 5.91 Å². The molecule has 0 aromatic carbocycles. The zero-order chi connectivity index (χ0) is 9.71. The number of hydrogen-bond acceptors (Lipinski definition) is 2. The van der Waals surface area contributed by atoms with E-state index in [0.29, 0.717) is 12.1 Å². The highest BCUT2D eigenvalue weighted by molar-refractivity contribution is 5.74. The zero-order valence-corrected chi connectivity index (χ0v) is 8.78. The summed E-state index contributed by atoms with van der Waals surface area (Å²) in [6.07, 6.45) is 5.24. The molecule has 1 aliphatic carbocycles. The van der Waals surface area contributed by atoms with Crippen LogP contribution in [-0.2, 0) is 4.79 Å². The van der Waals surface area contributed by atoms with E-state index in [1.807, 2.05) is 0 Å². The molecule has 2 saturated heterocycles. The standard InChI is InChI=1S/C11H18N2O/c1-8(14)13-10-4-5-11(13)7-12(6-10)9-2-3-9/h9-11H,2-7H2,1H3. The molecule has 0 aromatic heterocycles. The fraction of sp³-hybridized carbons (Fsp3) is 0.909. The molecule has 0 spiro atoms.